The zero-order valence-electron chi connectivity index (χ0n) is 12.6. The lowest BCUT2D eigenvalue weighted by molar-refractivity contribution is -0.284. The number of hydrogen-bond acceptors (Lipinski definition) is 2. The highest BCUT2D eigenvalue weighted by Crippen LogP contribution is 2.36. The molecule has 0 spiro atoms. The van der Waals surface area contributed by atoms with E-state index in [0.29, 0.717) is 19.6 Å². The molecule has 1 fully saturated rings. The summed E-state index contributed by atoms with van der Waals surface area (Å²) in [4.78, 5) is 0. The maximum absolute atomic E-state index is 6.15. The lowest BCUT2D eigenvalue weighted by Gasteiger charge is -2.42. The molecule has 0 aliphatic carbocycles. The van der Waals surface area contributed by atoms with Crippen LogP contribution in [0.3, 0.4) is 0 Å². The van der Waals surface area contributed by atoms with E-state index < -0.39 is 5.79 Å². The summed E-state index contributed by atoms with van der Waals surface area (Å²) in [6.07, 6.45) is 11.1. The highest BCUT2D eigenvalue weighted by molar-refractivity contribution is 6.32. The Morgan fingerprint density at radius 1 is 1.29 bits per heavy atom. The Kier molecular flexibility index (Phi) is 5.11. The third-order valence-electron chi connectivity index (χ3n) is 3.68. The number of ether oxygens (including phenoxy) is 2. The number of halogens is 1. The summed E-state index contributed by atoms with van der Waals surface area (Å²) in [7, 11) is 0. The van der Waals surface area contributed by atoms with E-state index in [1.807, 2.05) is 44.2 Å². The first-order chi connectivity index (χ1) is 9.96. The van der Waals surface area contributed by atoms with E-state index in [4.69, 9.17) is 27.5 Å². The van der Waals surface area contributed by atoms with Crippen molar-refractivity contribution in [2.24, 2.45) is 5.41 Å². The molecular formula is C18H21ClO2. The highest BCUT2D eigenvalue weighted by atomic mass is 35.5. The fraction of sp³-hybridized carbons (Fsp3) is 0.444. The van der Waals surface area contributed by atoms with E-state index in [1.165, 1.54) is 0 Å². The van der Waals surface area contributed by atoms with E-state index in [2.05, 4.69) is 12.0 Å². The van der Waals surface area contributed by atoms with Crippen molar-refractivity contribution in [1.29, 1.82) is 0 Å². The summed E-state index contributed by atoms with van der Waals surface area (Å²) in [5, 5.41) is 0.747. The van der Waals surface area contributed by atoms with Gasteiger partial charge >= 0.3 is 0 Å². The molecule has 21 heavy (non-hydrogen) atoms. The Labute approximate surface area is 132 Å². The molecule has 1 aromatic carbocycles. The van der Waals surface area contributed by atoms with Gasteiger partial charge in [0.2, 0.25) is 0 Å². The first-order valence-electron chi connectivity index (χ1n) is 7.09. The molecule has 1 heterocycles. The molecule has 0 aromatic heterocycles. The minimum absolute atomic E-state index is 0.151. The lowest BCUT2D eigenvalue weighted by Crippen LogP contribution is -2.46. The van der Waals surface area contributed by atoms with Crippen LogP contribution in [0.25, 0.3) is 6.08 Å². The van der Waals surface area contributed by atoms with Crippen LogP contribution in [0.1, 0.15) is 32.3 Å². The highest BCUT2D eigenvalue weighted by Gasteiger charge is 2.38. The van der Waals surface area contributed by atoms with Crippen LogP contribution in [-0.2, 0) is 9.47 Å². The average Bonchev–Trinajstić information content (AvgIpc) is 2.45. The number of hydrogen-bond donors (Lipinski definition) is 0. The minimum atomic E-state index is -0.523. The molecule has 0 saturated carbocycles. The van der Waals surface area contributed by atoms with Gasteiger partial charge in [-0.3, -0.25) is 0 Å². The van der Waals surface area contributed by atoms with Crippen LogP contribution in [-0.4, -0.2) is 19.0 Å². The van der Waals surface area contributed by atoms with Gasteiger partial charge in [0.05, 0.1) is 13.2 Å². The SMILES string of the molecule is C#CCC1(CC=Cc2ccccc2Cl)COC(C)(C)OC1. The Morgan fingerprint density at radius 3 is 2.57 bits per heavy atom. The zero-order valence-corrected chi connectivity index (χ0v) is 13.3. The molecule has 1 aromatic rings. The summed E-state index contributed by atoms with van der Waals surface area (Å²) in [5.74, 6) is 2.22. The molecule has 1 aliphatic heterocycles. The summed E-state index contributed by atoms with van der Waals surface area (Å²) < 4.78 is 11.6. The van der Waals surface area contributed by atoms with Crippen molar-refractivity contribution in [2.75, 3.05) is 13.2 Å². The fourth-order valence-electron chi connectivity index (χ4n) is 2.29. The fourth-order valence-corrected chi connectivity index (χ4v) is 2.49. The van der Waals surface area contributed by atoms with Gasteiger partial charge < -0.3 is 9.47 Å². The van der Waals surface area contributed by atoms with E-state index in [9.17, 15) is 0 Å². The Morgan fingerprint density at radius 2 is 1.95 bits per heavy atom. The molecule has 3 heteroatoms. The Hall–Kier alpha value is -1.27. The standard InChI is InChI=1S/C18H21ClO2/c1-4-11-18(13-20-17(2,3)21-14-18)12-7-9-15-8-5-6-10-16(15)19/h1,5-10H,11-14H2,2-3H3. The van der Waals surface area contributed by atoms with Crippen molar-refractivity contribution in [3.05, 3.63) is 40.9 Å². The van der Waals surface area contributed by atoms with Gasteiger partial charge in [0.1, 0.15) is 0 Å². The van der Waals surface area contributed by atoms with Gasteiger partial charge in [-0.05, 0) is 31.9 Å². The number of benzene rings is 1. The monoisotopic (exact) mass is 304 g/mol. The predicted octanol–water partition coefficient (Wildman–Crippen LogP) is 4.54. The van der Waals surface area contributed by atoms with Crippen LogP contribution in [0.2, 0.25) is 5.02 Å². The van der Waals surface area contributed by atoms with Crippen LogP contribution in [0.15, 0.2) is 30.3 Å². The first kappa shape index (κ1) is 16.1. The first-order valence-corrected chi connectivity index (χ1v) is 7.47. The quantitative estimate of drug-likeness (QED) is 0.761. The van der Waals surface area contributed by atoms with Crippen LogP contribution in [0.5, 0.6) is 0 Å². The number of terminal acetylenes is 1. The van der Waals surface area contributed by atoms with Crippen LogP contribution < -0.4 is 0 Å². The van der Waals surface area contributed by atoms with Gasteiger partial charge in [-0.25, -0.2) is 0 Å². The molecule has 112 valence electrons. The Balaban J connectivity index is 2.05. The largest absolute Gasteiger partial charge is 0.350 e. The van der Waals surface area contributed by atoms with Gasteiger partial charge in [0, 0.05) is 16.9 Å². The number of rotatable bonds is 4. The summed E-state index contributed by atoms with van der Waals surface area (Å²) in [6, 6.07) is 7.76. The molecule has 0 unspecified atom stereocenters. The van der Waals surface area contributed by atoms with E-state index >= 15 is 0 Å². The molecule has 2 rings (SSSR count). The van der Waals surface area contributed by atoms with Crippen molar-refractivity contribution in [2.45, 2.75) is 32.5 Å². The molecule has 0 atom stereocenters. The second-order valence-corrected chi connectivity index (χ2v) is 6.39. The number of allylic oxidation sites excluding steroid dienone is 1. The van der Waals surface area contributed by atoms with Crippen LogP contribution in [0, 0.1) is 17.8 Å². The molecule has 0 bridgehead atoms. The van der Waals surface area contributed by atoms with Crippen molar-refractivity contribution in [3.63, 3.8) is 0 Å². The second kappa shape index (κ2) is 6.66. The molecular weight excluding hydrogens is 284 g/mol. The molecule has 1 saturated heterocycles. The van der Waals surface area contributed by atoms with Crippen molar-refractivity contribution < 1.29 is 9.47 Å². The van der Waals surface area contributed by atoms with Crippen LogP contribution in [0.4, 0.5) is 0 Å². The molecule has 2 nitrogen and oxygen atoms in total. The molecule has 0 radical (unpaired) electrons. The predicted molar refractivity (Wildman–Crippen MR) is 87.0 cm³/mol. The third-order valence-corrected chi connectivity index (χ3v) is 4.03. The van der Waals surface area contributed by atoms with Crippen molar-refractivity contribution >= 4 is 17.7 Å². The average molecular weight is 305 g/mol. The maximum Gasteiger partial charge on any atom is 0.162 e. The van der Waals surface area contributed by atoms with Crippen molar-refractivity contribution in [3.8, 4) is 12.3 Å². The van der Waals surface area contributed by atoms with E-state index in [0.717, 1.165) is 17.0 Å². The van der Waals surface area contributed by atoms with Gasteiger partial charge in [0.25, 0.3) is 0 Å². The van der Waals surface area contributed by atoms with Gasteiger partial charge in [-0.2, -0.15) is 0 Å². The van der Waals surface area contributed by atoms with E-state index in [1.54, 1.807) is 0 Å². The van der Waals surface area contributed by atoms with Gasteiger partial charge in [-0.1, -0.05) is 42.0 Å². The zero-order chi connectivity index (χ0) is 15.3. The second-order valence-electron chi connectivity index (χ2n) is 5.99. The van der Waals surface area contributed by atoms with Crippen molar-refractivity contribution in [1.82, 2.24) is 0 Å². The van der Waals surface area contributed by atoms with Crippen LogP contribution >= 0.6 is 11.6 Å². The summed E-state index contributed by atoms with van der Waals surface area (Å²) in [5.41, 5.74) is 0.857. The minimum Gasteiger partial charge on any atom is -0.350 e. The van der Waals surface area contributed by atoms with E-state index in [-0.39, 0.29) is 5.41 Å². The normalized spacial score (nSPS) is 20.3. The summed E-state index contributed by atoms with van der Waals surface area (Å²) >= 11 is 6.15. The smallest absolute Gasteiger partial charge is 0.162 e. The van der Waals surface area contributed by atoms with Gasteiger partial charge in [-0.15, -0.1) is 12.3 Å². The van der Waals surface area contributed by atoms with Gasteiger partial charge in [0.15, 0.2) is 5.79 Å². The molecule has 0 amide bonds. The maximum atomic E-state index is 6.15. The lowest BCUT2D eigenvalue weighted by atomic mass is 9.82. The molecule has 1 aliphatic rings. The third kappa shape index (κ3) is 4.35. The Bertz CT molecular complexity index is 545. The topological polar surface area (TPSA) is 18.5 Å². The summed E-state index contributed by atoms with van der Waals surface area (Å²) in [6.45, 7) is 5.06. The molecule has 0 N–H and O–H groups in total.